The first-order chi connectivity index (χ1) is 10.3. The van der Waals surface area contributed by atoms with Crippen molar-refractivity contribution in [1.82, 2.24) is 5.32 Å². The van der Waals surface area contributed by atoms with Crippen LogP contribution in [-0.2, 0) is 5.75 Å². The van der Waals surface area contributed by atoms with Crippen LogP contribution in [0.25, 0.3) is 0 Å². The van der Waals surface area contributed by atoms with Gasteiger partial charge < -0.3 is 5.32 Å². The van der Waals surface area contributed by atoms with Crippen molar-refractivity contribution >= 4 is 23.4 Å². The molecular formula is C18H22ClNS. The lowest BCUT2D eigenvalue weighted by molar-refractivity contribution is 0.530. The van der Waals surface area contributed by atoms with Gasteiger partial charge in [-0.15, -0.1) is 11.8 Å². The second kappa shape index (κ2) is 8.47. The highest BCUT2D eigenvalue weighted by atomic mass is 35.5. The average molecular weight is 320 g/mol. The molecule has 1 atom stereocenters. The SMILES string of the molecule is CCNC(CC)c1ccccc1SCc1ccccc1Cl. The molecule has 1 unspecified atom stereocenters. The Morgan fingerprint density at radius 1 is 1.05 bits per heavy atom. The molecule has 0 fully saturated rings. The third kappa shape index (κ3) is 4.50. The summed E-state index contributed by atoms with van der Waals surface area (Å²) >= 11 is 8.10. The largest absolute Gasteiger partial charge is 0.310 e. The predicted molar refractivity (Wildman–Crippen MR) is 94.2 cm³/mol. The molecule has 1 N–H and O–H groups in total. The summed E-state index contributed by atoms with van der Waals surface area (Å²) in [5.74, 6) is 0.902. The van der Waals surface area contributed by atoms with E-state index in [1.807, 2.05) is 30.0 Å². The number of halogens is 1. The van der Waals surface area contributed by atoms with Gasteiger partial charge >= 0.3 is 0 Å². The molecule has 0 aliphatic heterocycles. The maximum atomic E-state index is 6.24. The van der Waals surface area contributed by atoms with E-state index in [-0.39, 0.29) is 0 Å². The van der Waals surface area contributed by atoms with Gasteiger partial charge in [-0.1, -0.05) is 61.8 Å². The fraction of sp³-hybridized carbons (Fsp3) is 0.333. The summed E-state index contributed by atoms with van der Waals surface area (Å²) < 4.78 is 0. The first-order valence-electron chi connectivity index (χ1n) is 7.44. The Labute approximate surface area is 137 Å². The highest BCUT2D eigenvalue weighted by molar-refractivity contribution is 7.98. The van der Waals surface area contributed by atoms with E-state index in [9.17, 15) is 0 Å². The molecule has 1 nitrogen and oxygen atoms in total. The number of hydrogen-bond acceptors (Lipinski definition) is 2. The fourth-order valence-corrected chi connectivity index (χ4v) is 3.79. The number of hydrogen-bond donors (Lipinski definition) is 1. The van der Waals surface area contributed by atoms with Crippen molar-refractivity contribution < 1.29 is 0 Å². The van der Waals surface area contributed by atoms with Gasteiger partial charge in [-0.2, -0.15) is 0 Å². The Morgan fingerprint density at radius 2 is 1.76 bits per heavy atom. The standard InChI is InChI=1S/C18H22ClNS/c1-3-17(20-4-2)15-10-6-8-12-18(15)21-13-14-9-5-7-11-16(14)19/h5-12,17,20H,3-4,13H2,1-2H3. The molecule has 21 heavy (non-hydrogen) atoms. The van der Waals surface area contributed by atoms with Crippen LogP contribution >= 0.6 is 23.4 Å². The molecule has 0 heterocycles. The summed E-state index contributed by atoms with van der Waals surface area (Å²) in [5, 5.41) is 4.41. The molecule has 2 aromatic rings. The Morgan fingerprint density at radius 3 is 2.48 bits per heavy atom. The van der Waals surface area contributed by atoms with Crippen molar-refractivity contribution in [2.75, 3.05) is 6.54 Å². The van der Waals surface area contributed by atoms with E-state index in [0.29, 0.717) is 6.04 Å². The van der Waals surface area contributed by atoms with E-state index in [1.54, 1.807) is 0 Å². The molecule has 3 heteroatoms. The molecule has 0 aliphatic rings. The summed E-state index contributed by atoms with van der Waals surface area (Å²) in [6.07, 6.45) is 1.09. The summed E-state index contributed by atoms with van der Waals surface area (Å²) in [6.45, 7) is 5.37. The van der Waals surface area contributed by atoms with E-state index >= 15 is 0 Å². The number of rotatable bonds is 7. The van der Waals surface area contributed by atoms with Crippen LogP contribution in [0.2, 0.25) is 5.02 Å². The first-order valence-corrected chi connectivity index (χ1v) is 8.81. The van der Waals surface area contributed by atoms with Crippen LogP contribution in [0.15, 0.2) is 53.4 Å². The number of benzene rings is 2. The zero-order valence-corrected chi connectivity index (χ0v) is 14.2. The third-order valence-electron chi connectivity index (χ3n) is 3.49. The second-order valence-corrected chi connectivity index (χ2v) is 6.36. The topological polar surface area (TPSA) is 12.0 Å². The van der Waals surface area contributed by atoms with Gasteiger partial charge in [0.15, 0.2) is 0 Å². The van der Waals surface area contributed by atoms with Gasteiger partial charge in [0.1, 0.15) is 0 Å². The Balaban J connectivity index is 2.15. The third-order valence-corrected chi connectivity index (χ3v) is 5.00. The van der Waals surface area contributed by atoms with E-state index in [2.05, 4.69) is 49.5 Å². The fourth-order valence-electron chi connectivity index (χ4n) is 2.39. The highest BCUT2D eigenvalue weighted by Crippen LogP contribution is 2.32. The summed E-state index contributed by atoms with van der Waals surface area (Å²) in [6, 6.07) is 17.2. The van der Waals surface area contributed by atoms with Crippen LogP contribution in [0, 0.1) is 0 Å². The van der Waals surface area contributed by atoms with E-state index in [1.165, 1.54) is 16.0 Å². The summed E-state index contributed by atoms with van der Waals surface area (Å²) in [5.41, 5.74) is 2.58. The smallest absolute Gasteiger partial charge is 0.0446 e. The van der Waals surface area contributed by atoms with Gasteiger partial charge in [0, 0.05) is 21.7 Å². The van der Waals surface area contributed by atoms with Gasteiger partial charge in [0.2, 0.25) is 0 Å². The van der Waals surface area contributed by atoms with Crippen LogP contribution in [0.1, 0.15) is 37.4 Å². The molecule has 0 saturated heterocycles. The molecule has 0 spiro atoms. The van der Waals surface area contributed by atoms with E-state index < -0.39 is 0 Å². The summed E-state index contributed by atoms with van der Waals surface area (Å²) in [4.78, 5) is 1.34. The van der Waals surface area contributed by atoms with Crippen molar-refractivity contribution in [3.05, 3.63) is 64.7 Å². The normalized spacial score (nSPS) is 12.3. The maximum Gasteiger partial charge on any atom is 0.0446 e. The Hall–Kier alpha value is -0.960. The van der Waals surface area contributed by atoms with Crippen molar-refractivity contribution in [2.45, 2.75) is 37.0 Å². The molecule has 112 valence electrons. The zero-order valence-electron chi connectivity index (χ0n) is 12.6. The molecule has 0 amide bonds. The van der Waals surface area contributed by atoms with Crippen LogP contribution in [0.3, 0.4) is 0 Å². The zero-order chi connectivity index (χ0) is 15.1. The van der Waals surface area contributed by atoms with Crippen molar-refractivity contribution in [1.29, 1.82) is 0 Å². The van der Waals surface area contributed by atoms with Crippen LogP contribution in [0.5, 0.6) is 0 Å². The Kier molecular flexibility index (Phi) is 6.62. The second-order valence-electron chi connectivity index (χ2n) is 4.94. The minimum atomic E-state index is 0.421. The first kappa shape index (κ1) is 16.4. The minimum Gasteiger partial charge on any atom is -0.310 e. The molecule has 2 aromatic carbocycles. The lowest BCUT2D eigenvalue weighted by Gasteiger charge is -2.19. The number of thioether (sulfide) groups is 1. The van der Waals surface area contributed by atoms with Crippen molar-refractivity contribution in [3.63, 3.8) is 0 Å². The van der Waals surface area contributed by atoms with E-state index in [4.69, 9.17) is 11.6 Å². The van der Waals surface area contributed by atoms with Crippen molar-refractivity contribution in [3.8, 4) is 0 Å². The monoisotopic (exact) mass is 319 g/mol. The van der Waals surface area contributed by atoms with Gasteiger partial charge in [-0.3, -0.25) is 0 Å². The lowest BCUT2D eigenvalue weighted by atomic mass is 10.0. The van der Waals surface area contributed by atoms with Crippen molar-refractivity contribution in [2.24, 2.45) is 0 Å². The lowest BCUT2D eigenvalue weighted by Crippen LogP contribution is -2.20. The molecule has 0 radical (unpaired) electrons. The molecule has 2 rings (SSSR count). The van der Waals surface area contributed by atoms with Crippen LogP contribution < -0.4 is 5.32 Å². The average Bonchev–Trinajstić information content (AvgIpc) is 2.52. The van der Waals surface area contributed by atoms with Crippen LogP contribution in [0.4, 0.5) is 0 Å². The van der Waals surface area contributed by atoms with E-state index in [0.717, 1.165) is 23.7 Å². The van der Waals surface area contributed by atoms with Gasteiger partial charge in [-0.05, 0) is 36.2 Å². The maximum absolute atomic E-state index is 6.24. The minimum absolute atomic E-state index is 0.421. The van der Waals surface area contributed by atoms with Gasteiger partial charge in [-0.25, -0.2) is 0 Å². The molecule has 0 aliphatic carbocycles. The van der Waals surface area contributed by atoms with Gasteiger partial charge in [0.05, 0.1) is 0 Å². The molecule has 0 saturated carbocycles. The van der Waals surface area contributed by atoms with Gasteiger partial charge in [0.25, 0.3) is 0 Å². The number of nitrogens with one attached hydrogen (secondary N) is 1. The molecule has 0 bridgehead atoms. The summed E-state index contributed by atoms with van der Waals surface area (Å²) in [7, 11) is 0. The Bertz CT molecular complexity index is 571. The quantitative estimate of drug-likeness (QED) is 0.658. The van der Waals surface area contributed by atoms with Crippen LogP contribution in [-0.4, -0.2) is 6.54 Å². The predicted octanol–water partition coefficient (Wildman–Crippen LogP) is 5.69. The molecular weight excluding hydrogens is 298 g/mol. The highest BCUT2D eigenvalue weighted by Gasteiger charge is 2.12. The molecule has 0 aromatic heterocycles.